The Morgan fingerprint density at radius 1 is 1.13 bits per heavy atom. The van der Waals surface area contributed by atoms with Gasteiger partial charge in [-0.2, -0.15) is 25.8 Å². The third kappa shape index (κ3) is 7.43. The lowest BCUT2D eigenvalue weighted by atomic mass is 9.87. The van der Waals surface area contributed by atoms with E-state index >= 15 is 0 Å². The molecule has 0 amide bonds. The minimum Gasteiger partial charge on any atom is -0.294 e. The van der Waals surface area contributed by atoms with Crippen molar-refractivity contribution >= 4 is 35.6 Å². The molecule has 0 saturated heterocycles. The molecule has 0 radical (unpaired) electrons. The van der Waals surface area contributed by atoms with Crippen LogP contribution in [0.5, 0.6) is 0 Å². The Balaban J connectivity index is 2.19. The number of alkyl halides is 3. The first-order valence-corrected chi connectivity index (χ1v) is 11.0. The molecule has 1 nitrogen and oxygen atoms in total. The quantitative estimate of drug-likeness (QED) is 0.303. The number of Topliss-reactive ketones (excluding diaryl/α,β-unsaturated/α-hetero) is 1. The average Bonchev–Trinajstić information content (AvgIpc) is 2.64. The summed E-state index contributed by atoms with van der Waals surface area (Å²) < 4.78 is 36.6. The van der Waals surface area contributed by atoms with Gasteiger partial charge in [0.15, 0.2) is 5.78 Å². The van der Waals surface area contributed by atoms with Crippen LogP contribution >= 0.6 is 24.2 Å². The molecule has 0 heterocycles. The van der Waals surface area contributed by atoms with Gasteiger partial charge in [0.1, 0.15) is 0 Å². The molecule has 0 aliphatic carbocycles. The van der Waals surface area contributed by atoms with E-state index in [4.69, 9.17) is 24.2 Å². The number of aryl methyl sites for hydroxylation is 2. The summed E-state index contributed by atoms with van der Waals surface area (Å²) in [5.74, 6) is -0.260. The Labute approximate surface area is 193 Å². The van der Waals surface area contributed by atoms with E-state index in [0.29, 0.717) is 17.0 Å². The fraction of sp³-hybridized carbons (Fsp3) is 0.400. The smallest absolute Gasteiger partial charge is 0.294 e. The lowest BCUT2D eigenvalue weighted by Gasteiger charge is -2.27. The number of hydrogen-bond donors (Lipinski definition) is 1. The van der Waals surface area contributed by atoms with Gasteiger partial charge in [-0.15, -0.1) is 0 Å². The minimum absolute atomic E-state index is 0.112. The number of halogens is 4. The van der Waals surface area contributed by atoms with E-state index in [1.165, 1.54) is 0 Å². The largest absolute Gasteiger partial charge is 0.389 e. The first-order chi connectivity index (χ1) is 14.3. The Bertz CT molecular complexity index is 957. The molecule has 2 rings (SSSR count). The maximum atomic E-state index is 12.4. The molecular weight excluding hydrogens is 441 g/mol. The highest BCUT2D eigenvalue weighted by molar-refractivity contribution is 7.81. The number of carbonyl (C=O) groups excluding carboxylic acids is 1. The topological polar surface area (TPSA) is 17.1 Å². The van der Waals surface area contributed by atoms with Gasteiger partial charge in [-0.1, -0.05) is 41.9 Å². The molecule has 0 spiro atoms. The van der Waals surface area contributed by atoms with Crippen LogP contribution in [0.3, 0.4) is 0 Å². The summed E-state index contributed by atoms with van der Waals surface area (Å²) in [6, 6.07) is 11.4. The molecule has 0 aliphatic heterocycles. The molecule has 0 bridgehead atoms. The zero-order valence-corrected chi connectivity index (χ0v) is 19.9. The molecule has 0 N–H and O–H groups in total. The number of ketones is 1. The monoisotopic (exact) mass is 468 g/mol. The van der Waals surface area contributed by atoms with Crippen molar-refractivity contribution in [3.05, 3.63) is 75.3 Å². The van der Waals surface area contributed by atoms with E-state index in [0.717, 1.165) is 27.8 Å². The number of benzene rings is 2. The zero-order chi connectivity index (χ0) is 23.4. The van der Waals surface area contributed by atoms with Gasteiger partial charge in [0.2, 0.25) is 0 Å². The molecule has 168 valence electrons. The van der Waals surface area contributed by atoms with Gasteiger partial charge < -0.3 is 0 Å². The van der Waals surface area contributed by atoms with E-state index in [1.807, 2.05) is 58.0 Å². The van der Waals surface area contributed by atoms with Crippen LogP contribution in [0, 0.1) is 13.8 Å². The molecule has 2 aromatic rings. The molecule has 1 atom stereocenters. The summed E-state index contributed by atoms with van der Waals surface area (Å²) in [4.78, 5) is 12.4. The number of allylic oxidation sites excluding steroid dienone is 2. The van der Waals surface area contributed by atoms with Crippen LogP contribution in [0.25, 0.3) is 5.57 Å². The first kappa shape index (κ1) is 25.5. The van der Waals surface area contributed by atoms with Crippen molar-refractivity contribution in [2.24, 2.45) is 0 Å². The van der Waals surface area contributed by atoms with Crippen LogP contribution in [0.1, 0.15) is 72.1 Å². The molecule has 31 heavy (non-hydrogen) atoms. The molecule has 2 aromatic carbocycles. The third-order valence-corrected chi connectivity index (χ3v) is 5.94. The number of carbonyl (C=O) groups is 1. The summed E-state index contributed by atoms with van der Waals surface area (Å²) in [7, 11) is 0. The van der Waals surface area contributed by atoms with E-state index < -0.39 is 17.3 Å². The van der Waals surface area contributed by atoms with Gasteiger partial charge >= 0.3 is 6.18 Å². The predicted octanol–water partition coefficient (Wildman–Crippen LogP) is 8.51. The maximum absolute atomic E-state index is 12.4. The van der Waals surface area contributed by atoms with Crippen molar-refractivity contribution in [3.8, 4) is 0 Å². The average molecular weight is 469 g/mol. The summed E-state index contributed by atoms with van der Waals surface area (Å²) in [6.45, 7) is 7.79. The van der Waals surface area contributed by atoms with Gasteiger partial charge in [0.25, 0.3) is 0 Å². The second-order valence-electron chi connectivity index (χ2n) is 8.20. The van der Waals surface area contributed by atoms with E-state index in [1.54, 1.807) is 6.07 Å². The van der Waals surface area contributed by atoms with E-state index in [2.05, 4.69) is 6.07 Å². The third-order valence-electron chi connectivity index (χ3n) is 5.31. The second-order valence-corrected chi connectivity index (χ2v) is 9.63. The number of hydrogen-bond acceptors (Lipinski definition) is 2. The zero-order valence-electron chi connectivity index (χ0n) is 18.2. The highest BCUT2D eigenvalue weighted by Gasteiger charge is 2.27. The fourth-order valence-corrected chi connectivity index (χ4v) is 4.24. The number of thiol groups is 1. The Morgan fingerprint density at radius 3 is 2.35 bits per heavy atom. The van der Waals surface area contributed by atoms with Crippen LogP contribution in [0.15, 0.2) is 42.5 Å². The van der Waals surface area contributed by atoms with Crippen LogP contribution in [-0.4, -0.2) is 12.0 Å². The van der Waals surface area contributed by atoms with Crippen molar-refractivity contribution < 1.29 is 18.0 Å². The lowest BCUT2D eigenvalue weighted by Crippen LogP contribution is -2.15. The summed E-state index contributed by atoms with van der Waals surface area (Å²) >= 11 is 11.1. The van der Waals surface area contributed by atoms with E-state index in [9.17, 15) is 18.0 Å². The van der Waals surface area contributed by atoms with Crippen molar-refractivity contribution in [2.75, 3.05) is 0 Å². The first-order valence-electron chi connectivity index (χ1n) is 10.2. The SMILES string of the molecule is CC=C(CC(C)(S)c1cc(C)cc(Cl)c1)c1ccc(C(=O)CCCC(F)(F)F)c(C)c1. The van der Waals surface area contributed by atoms with E-state index in [-0.39, 0.29) is 18.6 Å². The molecule has 0 saturated carbocycles. The molecule has 0 fully saturated rings. The van der Waals surface area contributed by atoms with Gasteiger partial charge in [0.05, 0.1) is 0 Å². The van der Waals surface area contributed by atoms with Crippen molar-refractivity contribution in [1.82, 2.24) is 0 Å². The van der Waals surface area contributed by atoms with Crippen molar-refractivity contribution in [3.63, 3.8) is 0 Å². The molecule has 1 unspecified atom stereocenters. The second kappa shape index (κ2) is 10.3. The Kier molecular flexibility index (Phi) is 8.46. The fourth-order valence-electron chi connectivity index (χ4n) is 3.65. The van der Waals surface area contributed by atoms with Crippen LogP contribution < -0.4 is 0 Å². The van der Waals surface area contributed by atoms with Crippen LogP contribution in [0.2, 0.25) is 5.02 Å². The van der Waals surface area contributed by atoms with Crippen molar-refractivity contribution in [1.29, 1.82) is 0 Å². The summed E-state index contributed by atoms with van der Waals surface area (Å²) in [5.41, 5.74) is 5.34. The highest BCUT2D eigenvalue weighted by atomic mass is 35.5. The van der Waals surface area contributed by atoms with Gasteiger partial charge in [0, 0.05) is 28.2 Å². The maximum Gasteiger partial charge on any atom is 0.389 e. The number of rotatable bonds is 8. The molecule has 6 heteroatoms. The molecule has 0 aliphatic rings. The molecular formula is C25H28ClF3OS. The Morgan fingerprint density at radius 2 is 1.81 bits per heavy atom. The minimum atomic E-state index is -4.24. The van der Waals surface area contributed by atoms with Gasteiger partial charge in [-0.3, -0.25) is 4.79 Å². The normalized spacial score (nSPS) is 14.4. The lowest BCUT2D eigenvalue weighted by molar-refractivity contribution is -0.135. The molecule has 0 aromatic heterocycles. The predicted molar refractivity (Wildman–Crippen MR) is 126 cm³/mol. The van der Waals surface area contributed by atoms with Gasteiger partial charge in [-0.05, 0) is 80.5 Å². The van der Waals surface area contributed by atoms with Crippen LogP contribution in [0.4, 0.5) is 13.2 Å². The standard InChI is InChI=1S/C25H28ClF3OS/c1-5-18(15-24(4,31)20-11-16(2)12-21(26)14-20)19-8-9-22(17(3)13-19)23(30)7-6-10-25(27,28)29/h5,8-9,11-14,31H,6-7,10,15H2,1-4H3. The highest BCUT2D eigenvalue weighted by Crippen LogP contribution is 2.39. The van der Waals surface area contributed by atoms with Gasteiger partial charge in [-0.25, -0.2) is 0 Å². The van der Waals surface area contributed by atoms with Crippen molar-refractivity contribution in [2.45, 2.75) is 64.3 Å². The summed E-state index contributed by atoms with van der Waals surface area (Å²) in [5, 5.41) is 0.668. The summed E-state index contributed by atoms with van der Waals surface area (Å²) in [6.07, 6.45) is -2.82. The Hall–Kier alpha value is -1.72. The van der Waals surface area contributed by atoms with Crippen LogP contribution in [-0.2, 0) is 4.75 Å².